The number of amides is 1. The Morgan fingerprint density at radius 2 is 1.88 bits per heavy atom. The number of benzene rings is 2. The molecule has 170 valence electrons. The van der Waals surface area contributed by atoms with Gasteiger partial charge in [-0.2, -0.15) is 0 Å². The Labute approximate surface area is 194 Å². The molecule has 0 saturated carbocycles. The van der Waals surface area contributed by atoms with E-state index in [1.807, 2.05) is 67.3 Å². The molecule has 1 atom stereocenters. The van der Waals surface area contributed by atoms with E-state index < -0.39 is 12.0 Å². The summed E-state index contributed by atoms with van der Waals surface area (Å²) in [7, 11) is 0. The molecule has 2 aromatic carbocycles. The number of anilines is 1. The summed E-state index contributed by atoms with van der Waals surface area (Å²) in [6, 6.07) is 17.2. The van der Waals surface area contributed by atoms with Gasteiger partial charge in [-0.05, 0) is 73.2 Å². The number of carbonyl (C=O) groups excluding carboxylic acids is 1. The van der Waals surface area contributed by atoms with Gasteiger partial charge in [-0.1, -0.05) is 48.9 Å². The smallest absolute Gasteiger partial charge is 0.320 e. The van der Waals surface area contributed by atoms with Crippen molar-refractivity contribution in [3.8, 4) is 11.1 Å². The van der Waals surface area contributed by atoms with Crippen molar-refractivity contribution in [2.24, 2.45) is 0 Å². The lowest BCUT2D eigenvalue weighted by molar-refractivity contribution is -0.144. The SMILES string of the molecule is Cc1cnc(C(=O)Nc2cccc(-c3ccccc3)c2C)cc1CN1CCCCC1C(=O)O. The van der Waals surface area contributed by atoms with Crippen molar-refractivity contribution in [2.45, 2.75) is 45.7 Å². The number of piperidine rings is 1. The maximum absolute atomic E-state index is 13.1. The zero-order chi connectivity index (χ0) is 23.4. The maximum Gasteiger partial charge on any atom is 0.320 e. The lowest BCUT2D eigenvalue weighted by Gasteiger charge is -2.33. The Balaban J connectivity index is 1.55. The van der Waals surface area contributed by atoms with E-state index in [1.165, 1.54) is 0 Å². The number of pyridine rings is 1. The number of hydrogen-bond acceptors (Lipinski definition) is 4. The van der Waals surface area contributed by atoms with E-state index in [2.05, 4.69) is 10.3 Å². The zero-order valence-electron chi connectivity index (χ0n) is 19.0. The third-order valence-corrected chi connectivity index (χ3v) is 6.39. The van der Waals surface area contributed by atoms with E-state index in [0.29, 0.717) is 18.7 Å². The average Bonchev–Trinajstić information content (AvgIpc) is 2.82. The molecule has 1 saturated heterocycles. The highest BCUT2D eigenvalue weighted by Gasteiger charge is 2.28. The van der Waals surface area contributed by atoms with Crippen LogP contribution < -0.4 is 5.32 Å². The van der Waals surface area contributed by atoms with Crippen molar-refractivity contribution in [3.63, 3.8) is 0 Å². The van der Waals surface area contributed by atoms with Gasteiger partial charge in [0.15, 0.2) is 0 Å². The largest absolute Gasteiger partial charge is 0.480 e. The number of likely N-dealkylation sites (tertiary alicyclic amines) is 1. The lowest BCUT2D eigenvalue weighted by Crippen LogP contribution is -2.44. The van der Waals surface area contributed by atoms with Gasteiger partial charge in [0.1, 0.15) is 11.7 Å². The molecule has 1 aliphatic heterocycles. The van der Waals surface area contributed by atoms with E-state index >= 15 is 0 Å². The second kappa shape index (κ2) is 9.96. The minimum atomic E-state index is -0.784. The Bertz CT molecular complexity index is 1160. The van der Waals surface area contributed by atoms with Crippen molar-refractivity contribution >= 4 is 17.6 Å². The molecule has 1 unspecified atom stereocenters. The van der Waals surface area contributed by atoms with Gasteiger partial charge in [-0.15, -0.1) is 0 Å². The van der Waals surface area contributed by atoms with Crippen LogP contribution in [-0.4, -0.2) is 39.5 Å². The van der Waals surface area contributed by atoms with Crippen molar-refractivity contribution in [3.05, 3.63) is 83.2 Å². The number of carboxylic acids is 1. The van der Waals surface area contributed by atoms with Crippen LogP contribution in [0.3, 0.4) is 0 Å². The van der Waals surface area contributed by atoms with Gasteiger partial charge in [0, 0.05) is 18.4 Å². The summed E-state index contributed by atoms with van der Waals surface area (Å²) in [5.74, 6) is -1.06. The number of rotatable bonds is 6. The van der Waals surface area contributed by atoms with Gasteiger partial charge < -0.3 is 10.4 Å². The summed E-state index contributed by atoms with van der Waals surface area (Å²) in [6.07, 6.45) is 4.26. The van der Waals surface area contributed by atoms with E-state index in [1.54, 1.807) is 12.3 Å². The highest BCUT2D eigenvalue weighted by atomic mass is 16.4. The third kappa shape index (κ3) is 5.12. The highest BCUT2D eigenvalue weighted by Crippen LogP contribution is 2.29. The molecule has 0 radical (unpaired) electrons. The van der Waals surface area contributed by atoms with Crippen LogP contribution in [0.5, 0.6) is 0 Å². The van der Waals surface area contributed by atoms with Crippen LogP contribution in [0.2, 0.25) is 0 Å². The van der Waals surface area contributed by atoms with Gasteiger partial charge >= 0.3 is 5.97 Å². The normalized spacial score (nSPS) is 16.4. The number of nitrogens with one attached hydrogen (secondary N) is 1. The van der Waals surface area contributed by atoms with Crippen molar-refractivity contribution < 1.29 is 14.7 Å². The van der Waals surface area contributed by atoms with Gasteiger partial charge in [0.2, 0.25) is 0 Å². The lowest BCUT2D eigenvalue weighted by atomic mass is 9.99. The molecule has 0 aliphatic carbocycles. The molecule has 2 N–H and O–H groups in total. The number of carboxylic acid groups (broad SMARTS) is 1. The molecule has 6 heteroatoms. The molecule has 33 heavy (non-hydrogen) atoms. The summed E-state index contributed by atoms with van der Waals surface area (Å²) in [5, 5.41) is 12.6. The van der Waals surface area contributed by atoms with Crippen LogP contribution >= 0.6 is 0 Å². The van der Waals surface area contributed by atoms with Gasteiger partial charge in [0.25, 0.3) is 5.91 Å². The van der Waals surface area contributed by atoms with E-state index in [9.17, 15) is 14.7 Å². The van der Waals surface area contributed by atoms with Gasteiger partial charge in [-0.3, -0.25) is 19.5 Å². The van der Waals surface area contributed by atoms with Crippen molar-refractivity contribution in [1.29, 1.82) is 0 Å². The Kier molecular flexibility index (Phi) is 6.84. The number of aliphatic carboxylic acids is 1. The molecule has 1 aromatic heterocycles. The summed E-state index contributed by atoms with van der Waals surface area (Å²) in [4.78, 5) is 31.1. The first-order chi connectivity index (χ1) is 15.9. The van der Waals surface area contributed by atoms with Crippen LogP contribution in [0.25, 0.3) is 11.1 Å². The Morgan fingerprint density at radius 3 is 2.64 bits per heavy atom. The van der Waals surface area contributed by atoms with Crippen LogP contribution in [-0.2, 0) is 11.3 Å². The van der Waals surface area contributed by atoms with E-state index in [0.717, 1.165) is 52.9 Å². The molecular formula is C27H29N3O3. The highest BCUT2D eigenvalue weighted by molar-refractivity contribution is 6.04. The fourth-order valence-corrected chi connectivity index (χ4v) is 4.43. The first kappa shape index (κ1) is 22.7. The Morgan fingerprint density at radius 1 is 1.09 bits per heavy atom. The second-order valence-corrected chi connectivity index (χ2v) is 8.61. The Hall–Kier alpha value is -3.51. The molecule has 4 rings (SSSR count). The molecule has 0 spiro atoms. The zero-order valence-corrected chi connectivity index (χ0v) is 19.0. The number of carbonyl (C=O) groups is 2. The summed E-state index contributed by atoms with van der Waals surface area (Å²) < 4.78 is 0. The predicted octanol–water partition coefficient (Wildman–Crippen LogP) is 5.06. The summed E-state index contributed by atoms with van der Waals surface area (Å²) in [5.41, 5.74) is 6.09. The first-order valence-corrected chi connectivity index (χ1v) is 11.3. The summed E-state index contributed by atoms with van der Waals surface area (Å²) >= 11 is 0. The molecule has 3 aromatic rings. The number of aromatic nitrogens is 1. The topological polar surface area (TPSA) is 82.5 Å². The fraction of sp³-hybridized carbons (Fsp3) is 0.296. The molecule has 1 amide bonds. The minimum absolute atomic E-state index is 0.280. The van der Waals surface area contributed by atoms with Gasteiger partial charge in [-0.25, -0.2) is 0 Å². The molecule has 6 nitrogen and oxygen atoms in total. The van der Waals surface area contributed by atoms with Crippen LogP contribution in [0.4, 0.5) is 5.69 Å². The molecule has 1 fully saturated rings. The van der Waals surface area contributed by atoms with Crippen molar-refractivity contribution in [1.82, 2.24) is 9.88 Å². The fourth-order valence-electron chi connectivity index (χ4n) is 4.43. The summed E-state index contributed by atoms with van der Waals surface area (Å²) in [6.45, 7) is 5.17. The minimum Gasteiger partial charge on any atom is -0.480 e. The van der Waals surface area contributed by atoms with Crippen molar-refractivity contribution in [2.75, 3.05) is 11.9 Å². The van der Waals surface area contributed by atoms with Crippen LogP contribution in [0.15, 0.2) is 60.8 Å². The number of nitrogens with zero attached hydrogens (tertiary/aromatic N) is 2. The third-order valence-electron chi connectivity index (χ3n) is 6.39. The quantitative estimate of drug-likeness (QED) is 0.557. The average molecular weight is 444 g/mol. The standard InChI is InChI=1S/C27H29N3O3/c1-18-16-28-24(15-21(18)17-30-14-7-6-13-25(30)27(32)33)26(31)29-23-12-8-11-22(19(23)2)20-9-4-3-5-10-20/h3-5,8-12,15-16,25H,6-7,13-14,17H2,1-2H3,(H,29,31)(H,32,33). The second-order valence-electron chi connectivity index (χ2n) is 8.61. The number of hydrogen-bond donors (Lipinski definition) is 2. The van der Waals surface area contributed by atoms with E-state index in [4.69, 9.17) is 0 Å². The first-order valence-electron chi connectivity index (χ1n) is 11.3. The van der Waals surface area contributed by atoms with E-state index in [-0.39, 0.29) is 5.91 Å². The number of aryl methyl sites for hydroxylation is 1. The molecule has 0 bridgehead atoms. The molecule has 1 aliphatic rings. The monoisotopic (exact) mass is 443 g/mol. The van der Waals surface area contributed by atoms with Crippen LogP contribution in [0, 0.1) is 13.8 Å². The maximum atomic E-state index is 13.1. The van der Waals surface area contributed by atoms with Gasteiger partial charge in [0.05, 0.1) is 0 Å². The van der Waals surface area contributed by atoms with Crippen LogP contribution in [0.1, 0.15) is 46.4 Å². The molecular weight excluding hydrogens is 414 g/mol. The molecule has 2 heterocycles. The predicted molar refractivity (Wildman–Crippen MR) is 129 cm³/mol.